The van der Waals surface area contributed by atoms with E-state index < -0.39 is 0 Å². The molecule has 0 aliphatic carbocycles. The predicted molar refractivity (Wildman–Crippen MR) is 99.7 cm³/mol. The highest BCUT2D eigenvalue weighted by molar-refractivity contribution is 5.94. The Morgan fingerprint density at radius 2 is 2.15 bits per heavy atom. The van der Waals surface area contributed by atoms with Gasteiger partial charge in [-0.2, -0.15) is 0 Å². The molecule has 144 valence electrons. The van der Waals surface area contributed by atoms with Crippen LogP contribution in [0.3, 0.4) is 0 Å². The standard InChI is InChI=1S/C20H30N2O4/c1-2-9-26-18-5-3-4-16(13-18)20(23)21-14-19(17-6-10-25-15-17)22-7-11-24-12-8-22/h3-5,13,17,19H,2,6-12,14-15H2,1H3,(H,21,23). The SMILES string of the molecule is CCCOc1cccc(C(=O)NCC(C2CCOC2)N2CCOCC2)c1. The number of amides is 1. The number of carbonyl (C=O) groups is 1. The molecular weight excluding hydrogens is 332 g/mol. The zero-order valence-corrected chi connectivity index (χ0v) is 15.6. The second-order valence-corrected chi connectivity index (χ2v) is 6.93. The van der Waals surface area contributed by atoms with Gasteiger partial charge in [0.1, 0.15) is 5.75 Å². The first-order valence-electron chi connectivity index (χ1n) is 9.68. The fourth-order valence-electron chi connectivity index (χ4n) is 3.61. The molecule has 26 heavy (non-hydrogen) atoms. The minimum Gasteiger partial charge on any atom is -0.494 e. The Bertz CT molecular complexity index is 569. The molecule has 0 bridgehead atoms. The van der Waals surface area contributed by atoms with Crippen molar-refractivity contribution in [1.29, 1.82) is 0 Å². The highest BCUT2D eigenvalue weighted by Gasteiger charge is 2.31. The Morgan fingerprint density at radius 1 is 1.31 bits per heavy atom. The van der Waals surface area contributed by atoms with Crippen molar-refractivity contribution in [2.75, 3.05) is 52.7 Å². The molecule has 2 unspecified atom stereocenters. The van der Waals surface area contributed by atoms with Crippen molar-refractivity contribution in [3.05, 3.63) is 29.8 Å². The second kappa shape index (κ2) is 9.90. The number of carbonyl (C=O) groups excluding carboxylic acids is 1. The maximum Gasteiger partial charge on any atom is 0.251 e. The Morgan fingerprint density at radius 3 is 2.88 bits per heavy atom. The number of benzene rings is 1. The van der Waals surface area contributed by atoms with Crippen LogP contribution in [0, 0.1) is 5.92 Å². The highest BCUT2D eigenvalue weighted by Crippen LogP contribution is 2.22. The van der Waals surface area contributed by atoms with Crippen LogP contribution in [0.15, 0.2) is 24.3 Å². The minimum absolute atomic E-state index is 0.0517. The first-order chi connectivity index (χ1) is 12.8. The highest BCUT2D eigenvalue weighted by atomic mass is 16.5. The van der Waals surface area contributed by atoms with Gasteiger partial charge in [0.05, 0.1) is 26.4 Å². The van der Waals surface area contributed by atoms with Gasteiger partial charge in [-0.3, -0.25) is 9.69 Å². The van der Waals surface area contributed by atoms with Crippen LogP contribution in [-0.2, 0) is 9.47 Å². The lowest BCUT2D eigenvalue weighted by molar-refractivity contribution is 0.00166. The summed E-state index contributed by atoms with van der Waals surface area (Å²) in [4.78, 5) is 15.1. The lowest BCUT2D eigenvalue weighted by Gasteiger charge is -2.37. The van der Waals surface area contributed by atoms with Crippen molar-refractivity contribution in [3.8, 4) is 5.75 Å². The summed E-state index contributed by atoms with van der Waals surface area (Å²) < 4.78 is 16.7. The van der Waals surface area contributed by atoms with Gasteiger partial charge in [0.2, 0.25) is 0 Å². The van der Waals surface area contributed by atoms with Gasteiger partial charge in [-0.15, -0.1) is 0 Å². The summed E-state index contributed by atoms with van der Waals surface area (Å²) >= 11 is 0. The van der Waals surface area contributed by atoms with Crippen molar-refractivity contribution >= 4 is 5.91 Å². The number of ether oxygens (including phenoxy) is 3. The smallest absolute Gasteiger partial charge is 0.251 e. The summed E-state index contributed by atoms with van der Waals surface area (Å²) in [7, 11) is 0. The molecule has 2 heterocycles. The Kier molecular flexibility index (Phi) is 7.29. The maximum absolute atomic E-state index is 12.6. The van der Waals surface area contributed by atoms with Crippen LogP contribution in [-0.4, -0.2) is 69.5 Å². The molecule has 0 aromatic heterocycles. The topological polar surface area (TPSA) is 60.0 Å². The molecule has 0 saturated carbocycles. The average Bonchev–Trinajstić information content (AvgIpc) is 3.22. The molecule has 6 nitrogen and oxygen atoms in total. The van der Waals surface area contributed by atoms with E-state index in [9.17, 15) is 4.79 Å². The van der Waals surface area contributed by atoms with Crippen molar-refractivity contribution < 1.29 is 19.0 Å². The van der Waals surface area contributed by atoms with Crippen LogP contribution in [0.5, 0.6) is 5.75 Å². The molecule has 0 spiro atoms. The van der Waals surface area contributed by atoms with Crippen molar-refractivity contribution in [1.82, 2.24) is 10.2 Å². The van der Waals surface area contributed by atoms with Crippen LogP contribution >= 0.6 is 0 Å². The molecule has 6 heteroatoms. The van der Waals surface area contributed by atoms with Gasteiger partial charge in [0.15, 0.2) is 0 Å². The summed E-state index contributed by atoms with van der Waals surface area (Å²) in [6.07, 6.45) is 2.00. The van der Waals surface area contributed by atoms with E-state index in [-0.39, 0.29) is 5.91 Å². The van der Waals surface area contributed by atoms with Crippen LogP contribution in [0.2, 0.25) is 0 Å². The van der Waals surface area contributed by atoms with E-state index in [0.717, 1.165) is 58.1 Å². The lowest BCUT2D eigenvalue weighted by atomic mass is 9.96. The Labute approximate surface area is 155 Å². The third kappa shape index (κ3) is 5.19. The van der Waals surface area contributed by atoms with Gasteiger partial charge in [-0.05, 0) is 31.0 Å². The van der Waals surface area contributed by atoms with E-state index in [1.807, 2.05) is 24.3 Å². The molecule has 0 radical (unpaired) electrons. The van der Waals surface area contributed by atoms with Gasteiger partial charge >= 0.3 is 0 Å². The van der Waals surface area contributed by atoms with E-state index in [0.29, 0.717) is 30.7 Å². The van der Waals surface area contributed by atoms with Crippen LogP contribution < -0.4 is 10.1 Å². The van der Waals surface area contributed by atoms with Crippen LogP contribution in [0.25, 0.3) is 0 Å². The van der Waals surface area contributed by atoms with Crippen molar-refractivity contribution in [3.63, 3.8) is 0 Å². The molecule has 1 aromatic rings. The molecule has 1 aromatic carbocycles. The van der Waals surface area contributed by atoms with Crippen molar-refractivity contribution in [2.45, 2.75) is 25.8 Å². The van der Waals surface area contributed by atoms with E-state index >= 15 is 0 Å². The van der Waals surface area contributed by atoms with Gasteiger partial charge in [0, 0.05) is 43.8 Å². The molecule has 2 saturated heterocycles. The first kappa shape index (κ1) is 19.1. The largest absolute Gasteiger partial charge is 0.494 e. The zero-order chi connectivity index (χ0) is 18.2. The molecule has 2 fully saturated rings. The third-order valence-corrected chi connectivity index (χ3v) is 5.06. The fourth-order valence-corrected chi connectivity index (χ4v) is 3.61. The number of rotatable bonds is 8. The quantitative estimate of drug-likeness (QED) is 0.766. The Balaban J connectivity index is 1.59. The minimum atomic E-state index is -0.0517. The fraction of sp³-hybridized carbons (Fsp3) is 0.650. The molecule has 2 atom stereocenters. The van der Waals surface area contributed by atoms with Crippen LogP contribution in [0.1, 0.15) is 30.1 Å². The lowest BCUT2D eigenvalue weighted by Crippen LogP contribution is -2.52. The third-order valence-electron chi connectivity index (χ3n) is 5.06. The number of hydrogen-bond donors (Lipinski definition) is 1. The maximum atomic E-state index is 12.6. The van der Waals surface area contributed by atoms with Gasteiger partial charge in [0.25, 0.3) is 5.91 Å². The van der Waals surface area contributed by atoms with Gasteiger partial charge < -0.3 is 19.5 Å². The Hall–Kier alpha value is -1.63. The average molecular weight is 362 g/mol. The summed E-state index contributed by atoms with van der Waals surface area (Å²) in [6.45, 7) is 8.29. The molecular formula is C20H30N2O4. The molecule has 3 rings (SSSR count). The molecule has 1 amide bonds. The second-order valence-electron chi connectivity index (χ2n) is 6.93. The molecule has 2 aliphatic rings. The summed E-state index contributed by atoms with van der Waals surface area (Å²) in [5, 5.41) is 3.12. The normalized spacial score (nSPS) is 22.1. The predicted octanol–water partition coefficient (Wildman–Crippen LogP) is 1.94. The van der Waals surface area contributed by atoms with Gasteiger partial charge in [-0.25, -0.2) is 0 Å². The summed E-state index contributed by atoms with van der Waals surface area (Å²) in [5.41, 5.74) is 0.641. The van der Waals surface area contributed by atoms with Gasteiger partial charge in [-0.1, -0.05) is 13.0 Å². The number of hydrogen-bond acceptors (Lipinski definition) is 5. The monoisotopic (exact) mass is 362 g/mol. The number of nitrogens with zero attached hydrogens (tertiary/aromatic N) is 1. The first-order valence-corrected chi connectivity index (χ1v) is 9.68. The molecule has 1 N–H and O–H groups in total. The van der Waals surface area contributed by atoms with E-state index in [2.05, 4.69) is 17.1 Å². The summed E-state index contributed by atoms with van der Waals surface area (Å²) in [6, 6.07) is 7.69. The zero-order valence-electron chi connectivity index (χ0n) is 15.6. The van der Waals surface area contributed by atoms with Crippen molar-refractivity contribution in [2.24, 2.45) is 5.92 Å². The van der Waals surface area contributed by atoms with E-state index in [4.69, 9.17) is 14.2 Å². The van der Waals surface area contributed by atoms with E-state index in [1.165, 1.54) is 0 Å². The number of morpholine rings is 1. The summed E-state index contributed by atoms with van der Waals surface area (Å²) in [5.74, 6) is 1.16. The van der Waals surface area contributed by atoms with E-state index in [1.54, 1.807) is 0 Å². The molecule has 2 aliphatic heterocycles. The number of nitrogens with one attached hydrogen (secondary N) is 1. The van der Waals surface area contributed by atoms with Crippen LogP contribution in [0.4, 0.5) is 0 Å².